The van der Waals surface area contributed by atoms with Crippen molar-refractivity contribution < 1.29 is 5.11 Å². The van der Waals surface area contributed by atoms with E-state index in [0.717, 1.165) is 37.0 Å². The third-order valence-corrected chi connectivity index (χ3v) is 11.9. The molecule has 4 aliphatic carbocycles. The van der Waals surface area contributed by atoms with Crippen molar-refractivity contribution in [3.8, 4) is 0 Å². The third kappa shape index (κ3) is 2.41. The highest BCUT2D eigenvalue weighted by molar-refractivity contribution is 8.21. The molecule has 1 spiro atoms. The van der Waals surface area contributed by atoms with E-state index in [4.69, 9.17) is 0 Å². The standard InChI is InChI=1S/C22H32OS2/c1-3-21-12-14(2)20-16-8-9-22(24-10-11-25-22)13-15(16)4-5-17(20)18(21)6-7-19(21)23/h13,16-20,23H,2-12H2,1H3/t16?,17?,18?,19?,20?,21-/m0/s1. The van der Waals surface area contributed by atoms with Crippen molar-refractivity contribution in [1.29, 1.82) is 0 Å². The highest BCUT2D eigenvalue weighted by atomic mass is 32.2. The van der Waals surface area contributed by atoms with Crippen LogP contribution in [0.5, 0.6) is 0 Å². The lowest BCUT2D eigenvalue weighted by Crippen LogP contribution is -2.50. The Kier molecular flexibility index (Phi) is 4.19. The molecule has 0 aromatic rings. The highest BCUT2D eigenvalue weighted by Crippen LogP contribution is 2.65. The lowest BCUT2D eigenvalue weighted by atomic mass is 9.50. The largest absolute Gasteiger partial charge is 0.393 e. The first-order valence-corrected chi connectivity index (χ1v) is 12.4. The molecule has 5 aliphatic rings. The summed E-state index contributed by atoms with van der Waals surface area (Å²) in [7, 11) is 0. The molecule has 1 saturated heterocycles. The van der Waals surface area contributed by atoms with Gasteiger partial charge in [-0.25, -0.2) is 0 Å². The SMILES string of the molecule is C=C1C[C@]2(CC)C(O)CCC2C2CCC3=CC4(CCC3C12)SCCS4. The smallest absolute Gasteiger partial charge is 0.0794 e. The molecular formula is C22H32OS2. The first kappa shape index (κ1) is 17.3. The van der Waals surface area contributed by atoms with Gasteiger partial charge in [0.1, 0.15) is 0 Å². The quantitative estimate of drug-likeness (QED) is 0.597. The molecule has 1 heterocycles. The molecule has 0 bridgehead atoms. The second kappa shape index (κ2) is 6.07. The maximum atomic E-state index is 10.8. The maximum absolute atomic E-state index is 10.8. The Labute approximate surface area is 161 Å². The number of allylic oxidation sites excluding steroid dienone is 2. The van der Waals surface area contributed by atoms with Crippen LogP contribution in [0.4, 0.5) is 0 Å². The van der Waals surface area contributed by atoms with Crippen molar-refractivity contribution in [3.63, 3.8) is 0 Å². The Hall–Kier alpha value is 0.140. The van der Waals surface area contributed by atoms with Gasteiger partial charge in [0.05, 0.1) is 10.2 Å². The maximum Gasteiger partial charge on any atom is 0.0794 e. The van der Waals surface area contributed by atoms with Gasteiger partial charge in [0.15, 0.2) is 0 Å². The fourth-order valence-electron chi connectivity index (χ4n) is 7.43. The Balaban J connectivity index is 1.47. The van der Waals surface area contributed by atoms with Crippen LogP contribution in [-0.4, -0.2) is 26.8 Å². The van der Waals surface area contributed by atoms with E-state index in [0.29, 0.717) is 10.00 Å². The van der Waals surface area contributed by atoms with Crippen molar-refractivity contribution in [2.24, 2.45) is 29.1 Å². The molecule has 0 aromatic heterocycles. The molecule has 0 radical (unpaired) electrons. The highest BCUT2D eigenvalue weighted by Gasteiger charge is 2.59. The lowest BCUT2D eigenvalue weighted by Gasteiger charge is -2.56. The molecule has 3 saturated carbocycles. The zero-order valence-corrected chi connectivity index (χ0v) is 17.1. The molecule has 25 heavy (non-hydrogen) atoms. The second-order valence-corrected chi connectivity index (χ2v) is 12.3. The van der Waals surface area contributed by atoms with Gasteiger partial charge in [-0.3, -0.25) is 0 Å². The molecule has 138 valence electrons. The van der Waals surface area contributed by atoms with Gasteiger partial charge in [-0.2, -0.15) is 0 Å². The van der Waals surface area contributed by atoms with Gasteiger partial charge >= 0.3 is 0 Å². The molecule has 5 unspecified atom stereocenters. The third-order valence-electron chi connectivity index (χ3n) is 8.48. The van der Waals surface area contributed by atoms with Crippen LogP contribution < -0.4 is 0 Å². The second-order valence-electron chi connectivity index (χ2n) is 9.22. The van der Waals surface area contributed by atoms with Crippen LogP contribution in [0.2, 0.25) is 0 Å². The van der Waals surface area contributed by atoms with Crippen LogP contribution in [0.1, 0.15) is 58.3 Å². The number of thioether (sulfide) groups is 2. The van der Waals surface area contributed by atoms with Gasteiger partial charge in [-0.15, -0.1) is 23.5 Å². The Morgan fingerprint density at radius 3 is 2.76 bits per heavy atom. The van der Waals surface area contributed by atoms with Crippen LogP contribution in [-0.2, 0) is 0 Å². The summed E-state index contributed by atoms with van der Waals surface area (Å²) in [5, 5.41) is 10.8. The van der Waals surface area contributed by atoms with E-state index in [1.165, 1.54) is 49.2 Å². The summed E-state index contributed by atoms with van der Waals surface area (Å²) in [4.78, 5) is 0. The summed E-state index contributed by atoms with van der Waals surface area (Å²) in [6.45, 7) is 6.93. The van der Waals surface area contributed by atoms with E-state index in [1.54, 1.807) is 5.57 Å². The monoisotopic (exact) mass is 376 g/mol. The van der Waals surface area contributed by atoms with Crippen molar-refractivity contribution >= 4 is 23.5 Å². The summed E-state index contributed by atoms with van der Waals surface area (Å²) >= 11 is 4.40. The molecule has 0 amide bonds. The van der Waals surface area contributed by atoms with Gasteiger partial charge in [0, 0.05) is 16.9 Å². The Morgan fingerprint density at radius 2 is 2.00 bits per heavy atom. The Morgan fingerprint density at radius 1 is 1.20 bits per heavy atom. The van der Waals surface area contributed by atoms with Gasteiger partial charge in [0.25, 0.3) is 0 Å². The van der Waals surface area contributed by atoms with E-state index in [-0.39, 0.29) is 11.5 Å². The number of aliphatic hydroxyl groups excluding tert-OH is 1. The molecule has 5 rings (SSSR count). The minimum Gasteiger partial charge on any atom is -0.393 e. The summed E-state index contributed by atoms with van der Waals surface area (Å²) in [6, 6.07) is 0. The van der Waals surface area contributed by atoms with Crippen LogP contribution in [0.15, 0.2) is 23.8 Å². The van der Waals surface area contributed by atoms with Crippen LogP contribution in [0.3, 0.4) is 0 Å². The summed E-state index contributed by atoms with van der Waals surface area (Å²) < 4.78 is 0.422. The minimum atomic E-state index is -0.0851. The fraction of sp³-hybridized carbons (Fsp3) is 0.818. The van der Waals surface area contributed by atoms with Gasteiger partial charge < -0.3 is 5.11 Å². The van der Waals surface area contributed by atoms with Crippen molar-refractivity contribution in [3.05, 3.63) is 23.8 Å². The molecule has 3 heteroatoms. The predicted molar refractivity (Wildman–Crippen MR) is 110 cm³/mol. The number of aliphatic hydroxyl groups is 1. The summed E-state index contributed by atoms with van der Waals surface area (Å²) in [5.74, 6) is 5.68. The van der Waals surface area contributed by atoms with Crippen molar-refractivity contribution in [2.75, 3.05) is 11.5 Å². The van der Waals surface area contributed by atoms with Crippen molar-refractivity contribution in [1.82, 2.24) is 0 Å². The van der Waals surface area contributed by atoms with Crippen LogP contribution in [0, 0.1) is 29.1 Å². The van der Waals surface area contributed by atoms with E-state index >= 15 is 0 Å². The molecule has 1 nitrogen and oxygen atoms in total. The van der Waals surface area contributed by atoms with Crippen LogP contribution >= 0.6 is 23.5 Å². The topological polar surface area (TPSA) is 20.2 Å². The van der Waals surface area contributed by atoms with Crippen LogP contribution in [0.25, 0.3) is 0 Å². The predicted octanol–water partition coefficient (Wildman–Crippen LogP) is 5.65. The van der Waals surface area contributed by atoms with Gasteiger partial charge in [-0.05, 0) is 75.0 Å². The zero-order chi connectivity index (χ0) is 17.2. The van der Waals surface area contributed by atoms with Gasteiger partial charge in [-0.1, -0.05) is 30.7 Å². The van der Waals surface area contributed by atoms with Crippen molar-refractivity contribution in [2.45, 2.75) is 68.5 Å². The summed E-state index contributed by atoms with van der Waals surface area (Å²) in [6.07, 6.45) is 12.5. The lowest BCUT2D eigenvalue weighted by molar-refractivity contribution is -0.0414. The molecular weight excluding hydrogens is 344 g/mol. The zero-order valence-electron chi connectivity index (χ0n) is 15.5. The molecule has 4 fully saturated rings. The molecule has 6 atom stereocenters. The van der Waals surface area contributed by atoms with E-state index < -0.39 is 0 Å². The summed E-state index contributed by atoms with van der Waals surface area (Å²) in [5.41, 5.74) is 3.42. The Bertz CT molecular complexity index is 605. The first-order chi connectivity index (χ1) is 12.1. The van der Waals surface area contributed by atoms with E-state index in [9.17, 15) is 5.11 Å². The molecule has 1 aliphatic heterocycles. The van der Waals surface area contributed by atoms with E-state index in [2.05, 4.69) is 43.1 Å². The molecule has 0 aromatic carbocycles. The number of hydrogen-bond donors (Lipinski definition) is 1. The number of fused-ring (bicyclic) bond motifs is 5. The molecule has 1 N–H and O–H groups in total. The number of rotatable bonds is 1. The van der Waals surface area contributed by atoms with Gasteiger partial charge in [0.2, 0.25) is 0 Å². The average Bonchev–Trinajstić information content (AvgIpc) is 3.20. The van der Waals surface area contributed by atoms with E-state index in [1.807, 2.05) is 0 Å². The fourth-order valence-corrected chi connectivity index (χ4v) is 10.6. The minimum absolute atomic E-state index is 0.0851. The number of hydrogen-bond acceptors (Lipinski definition) is 3. The first-order valence-electron chi connectivity index (χ1n) is 10.4. The normalized spacial score (nSPS) is 48.0. The average molecular weight is 377 g/mol.